The van der Waals surface area contributed by atoms with Crippen molar-refractivity contribution in [1.82, 2.24) is 5.32 Å². The standard InChI is InChI=1S/C17H27NO4/c1-12(2)18-10-15(20)11-22-16-8-7-14(6-5-13(3)19)9-17(16)21-4/h7-9,12,15,18,20H,5-6,10-11H2,1-4H3. The molecule has 1 aromatic rings. The molecule has 0 fully saturated rings. The number of methoxy groups -OCH3 is 1. The fraction of sp³-hybridized carbons (Fsp3) is 0.588. The van der Waals surface area contributed by atoms with Crippen molar-refractivity contribution in [2.75, 3.05) is 20.3 Å². The molecule has 0 saturated heterocycles. The second kappa shape index (κ2) is 9.43. The van der Waals surface area contributed by atoms with E-state index in [-0.39, 0.29) is 12.4 Å². The summed E-state index contributed by atoms with van der Waals surface area (Å²) in [5, 5.41) is 13.0. The van der Waals surface area contributed by atoms with Crippen LogP contribution in [0.3, 0.4) is 0 Å². The molecule has 0 aliphatic rings. The molecule has 0 aromatic heterocycles. The van der Waals surface area contributed by atoms with Gasteiger partial charge < -0.3 is 24.7 Å². The summed E-state index contributed by atoms with van der Waals surface area (Å²) in [6, 6.07) is 5.93. The Morgan fingerprint density at radius 2 is 2.05 bits per heavy atom. The average Bonchev–Trinajstić information content (AvgIpc) is 2.48. The molecule has 0 amide bonds. The van der Waals surface area contributed by atoms with Crippen LogP contribution in [0.2, 0.25) is 0 Å². The van der Waals surface area contributed by atoms with Crippen LogP contribution in [0.4, 0.5) is 0 Å². The van der Waals surface area contributed by atoms with E-state index >= 15 is 0 Å². The third kappa shape index (κ3) is 6.91. The summed E-state index contributed by atoms with van der Waals surface area (Å²) in [7, 11) is 1.58. The molecule has 5 nitrogen and oxygen atoms in total. The van der Waals surface area contributed by atoms with Gasteiger partial charge in [0.25, 0.3) is 0 Å². The lowest BCUT2D eigenvalue weighted by atomic mass is 10.1. The molecule has 0 saturated carbocycles. The van der Waals surface area contributed by atoms with Gasteiger partial charge in [0.15, 0.2) is 11.5 Å². The number of aryl methyl sites for hydroxylation is 1. The van der Waals surface area contributed by atoms with Gasteiger partial charge >= 0.3 is 0 Å². The van der Waals surface area contributed by atoms with Crippen molar-refractivity contribution in [1.29, 1.82) is 0 Å². The number of Topliss-reactive ketones (excluding diaryl/α,β-unsaturated/α-hetero) is 1. The van der Waals surface area contributed by atoms with Gasteiger partial charge in [0.1, 0.15) is 18.5 Å². The zero-order chi connectivity index (χ0) is 16.5. The number of hydrogen-bond donors (Lipinski definition) is 2. The van der Waals surface area contributed by atoms with Crippen molar-refractivity contribution in [3.05, 3.63) is 23.8 Å². The fourth-order valence-corrected chi connectivity index (χ4v) is 1.92. The van der Waals surface area contributed by atoms with Gasteiger partial charge in [0.05, 0.1) is 7.11 Å². The monoisotopic (exact) mass is 309 g/mol. The van der Waals surface area contributed by atoms with Crippen LogP contribution in [-0.2, 0) is 11.2 Å². The summed E-state index contributed by atoms with van der Waals surface area (Å²) in [6.45, 7) is 6.31. The number of aliphatic hydroxyl groups is 1. The molecule has 1 rings (SSSR count). The van der Waals surface area contributed by atoms with Crippen LogP contribution in [-0.4, -0.2) is 43.3 Å². The Morgan fingerprint density at radius 3 is 2.64 bits per heavy atom. The van der Waals surface area contributed by atoms with Gasteiger partial charge in [-0.1, -0.05) is 19.9 Å². The van der Waals surface area contributed by atoms with Crippen LogP contribution in [0.5, 0.6) is 11.5 Å². The minimum absolute atomic E-state index is 0.167. The molecule has 0 radical (unpaired) electrons. The molecule has 0 bridgehead atoms. The minimum atomic E-state index is -0.579. The molecule has 22 heavy (non-hydrogen) atoms. The molecule has 0 heterocycles. The average molecular weight is 309 g/mol. The van der Waals surface area contributed by atoms with E-state index in [4.69, 9.17) is 9.47 Å². The number of carbonyl (C=O) groups is 1. The highest BCUT2D eigenvalue weighted by Crippen LogP contribution is 2.28. The lowest BCUT2D eigenvalue weighted by Gasteiger charge is -2.16. The maximum absolute atomic E-state index is 11.0. The van der Waals surface area contributed by atoms with Crippen LogP contribution in [0.1, 0.15) is 32.8 Å². The quantitative estimate of drug-likeness (QED) is 0.691. The van der Waals surface area contributed by atoms with E-state index in [1.807, 2.05) is 32.0 Å². The third-order valence-corrected chi connectivity index (χ3v) is 3.19. The van der Waals surface area contributed by atoms with E-state index in [0.29, 0.717) is 36.9 Å². The lowest BCUT2D eigenvalue weighted by Crippen LogP contribution is -2.35. The molecule has 0 aliphatic heterocycles. The SMILES string of the molecule is COc1cc(CCC(C)=O)ccc1OCC(O)CNC(C)C. The molecule has 2 N–H and O–H groups in total. The smallest absolute Gasteiger partial charge is 0.161 e. The van der Waals surface area contributed by atoms with Crippen molar-refractivity contribution in [2.24, 2.45) is 0 Å². The zero-order valence-corrected chi connectivity index (χ0v) is 13.9. The van der Waals surface area contributed by atoms with Crippen LogP contribution >= 0.6 is 0 Å². The predicted octanol–water partition coefficient (Wildman–Crippen LogP) is 1.95. The second-order valence-corrected chi connectivity index (χ2v) is 5.72. The Kier molecular flexibility index (Phi) is 7.91. The van der Waals surface area contributed by atoms with Crippen LogP contribution < -0.4 is 14.8 Å². The summed E-state index contributed by atoms with van der Waals surface area (Å²) < 4.78 is 10.9. The summed E-state index contributed by atoms with van der Waals surface area (Å²) in [5.41, 5.74) is 1.03. The zero-order valence-electron chi connectivity index (χ0n) is 13.9. The number of nitrogens with one attached hydrogen (secondary N) is 1. The number of rotatable bonds is 10. The summed E-state index contributed by atoms with van der Waals surface area (Å²) in [6.07, 6.45) is 0.625. The molecule has 124 valence electrons. The molecule has 5 heteroatoms. The lowest BCUT2D eigenvalue weighted by molar-refractivity contribution is -0.116. The van der Waals surface area contributed by atoms with Gasteiger partial charge in [-0.15, -0.1) is 0 Å². The molecule has 0 spiro atoms. The Hall–Kier alpha value is -1.59. The first kappa shape index (κ1) is 18.5. The third-order valence-electron chi connectivity index (χ3n) is 3.19. The Labute approximate surface area is 132 Å². The van der Waals surface area contributed by atoms with E-state index in [9.17, 15) is 9.90 Å². The van der Waals surface area contributed by atoms with E-state index in [2.05, 4.69) is 5.32 Å². The number of ether oxygens (including phenoxy) is 2. The van der Waals surface area contributed by atoms with Crippen molar-refractivity contribution in [3.63, 3.8) is 0 Å². The summed E-state index contributed by atoms with van der Waals surface area (Å²) in [5.74, 6) is 1.38. The normalized spacial score (nSPS) is 12.3. The highest BCUT2D eigenvalue weighted by Gasteiger charge is 2.10. The maximum atomic E-state index is 11.0. The van der Waals surface area contributed by atoms with Gasteiger partial charge in [-0.05, 0) is 31.0 Å². The van der Waals surface area contributed by atoms with Crippen LogP contribution in [0.15, 0.2) is 18.2 Å². The highest BCUT2D eigenvalue weighted by atomic mass is 16.5. The van der Waals surface area contributed by atoms with Crippen molar-refractivity contribution in [3.8, 4) is 11.5 Å². The number of benzene rings is 1. The Morgan fingerprint density at radius 1 is 1.32 bits per heavy atom. The maximum Gasteiger partial charge on any atom is 0.161 e. The molecular formula is C17H27NO4. The fourth-order valence-electron chi connectivity index (χ4n) is 1.92. The topological polar surface area (TPSA) is 67.8 Å². The number of ketones is 1. The molecule has 1 aromatic carbocycles. The van der Waals surface area contributed by atoms with Gasteiger partial charge in [-0.3, -0.25) is 0 Å². The minimum Gasteiger partial charge on any atom is -0.493 e. The van der Waals surface area contributed by atoms with E-state index in [0.717, 1.165) is 5.56 Å². The summed E-state index contributed by atoms with van der Waals surface area (Å²) in [4.78, 5) is 11.0. The van der Waals surface area contributed by atoms with Crippen molar-refractivity contribution in [2.45, 2.75) is 45.8 Å². The Balaban J connectivity index is 2.57. The number of hydrogen-bond acceptors (Lipinski definition) is 5. The number of aliphatic hydroxyl groups excluding tert-OH is 1. The number of carbonyl (C=O) groups excluding carboxylic acids is 1. The van der Waals surface area contributed by atoms with Gasteiger partial charge in [-0.25, -0.2) is 0 Å². The molecule has 0 aliphatic carbocycles. The van der Waals surface area contributed by atoms with Crippen molar-refractivity contribution >= 4 is 5.78 Å². The van der Waals surface area contributed by atoms with E-state index < -0.39 is 6.10 Å². The van der Waals surface area contributed by atoms with Gasteiger partial charge in [-0.2, -0.15) is 0 Å². The summed E-state index contributed by atoms with van der Waals surface area (Å²) >= 11 is 0. The van der Waals surface area contributed by atoms with Gasteiger partial charge in [0, 0.05) is 19.0 Å². The van der Waals surface area contributed by atoms with E-state index in [1.165, 1.54) is 0 Å². The molecule has 1 unspecified atom stereocenters. The first-order chi connectivity index (χ1) is 10.4. The highest BCUT2D eigenvalue weighted by molar-refractivity contribution is 5.75. The largest absolute Gasteiger partial charge is 0.493 e. The van der Waals surface area contributed by atoms with Gasteiger partial charge in [0.2, 0.25) is 0 Å². The Bertz CT molecular complexity index is 474. The molecule has 1 atom stereocenters. The predicted molar refractivity (Wildman–Crippen MR) is 86.6 cm³/mol. The van der Waals surface area contributed by atoms with Crippen molar-refractivity contribution < 1.29 is 19.4 Å². The van der Waals surface area contributed by atoms with E-state index in [1.54, 1.807) is 14.0 Å². The van der Waals surface area contributed by atoms with Crippen LogP contribution in [0.25, 0.3) is 0 Å². The molecular weight excluding hydrogens is 282 g/mol. The van der Waals surface area contributed by atoms with Crippen LogP contribution in [0, 0.1) is 0 Å². The second-order valence-electron chi connectivity index (χ2n) is 5.72. The first-order valence-corrected chi connectivity index (χ1v) is 7.63. The first-order valence-electron chi connectivity index (χ1n) is 7.63.